The zero-order valence-corrected chi connectivity index (χ0v) is 8.08. The van der Waals surface area contributed by atoms with Crippen LogP contribution in [0.1, 0.15) is 6.92 Å². The summed E-state index contributed by atoms with van der Waals surface area (Å²) in [5.74, 6) is -0.963. The van der Waals surface area contributed by atoms with Crippen LogP contribution in [-0.4, -0.2) is 22.6 Å². The van der Waals surface area contributed by atoms with Crippen LogP contribution >= 0.6 is 0 Å². The summed E-state index contributed by atoms with van der Waals surface area (Å²) in [6.45, 7) is 1.42. The summed E-state index contributed by atoms with van der Waals surface area (Å²) in [5.41, 5.74) is 4.84. The molecule has 4 N–H and O–H groups in total. The first kappa shape index (κ1) is 16.0. The average molecular weight is 145 g/mol. The van der Waals surface area contributed by atoms with Crippen molar-refractivity contribution in [3.05, 3.63) is 0 Å². The number of carboxylic acid groups (broad SMARTS) is 1. The number of hydrogen-bond donors (Lipinski definition) is 2. The third-order valence-corrected chi connectivity index (χ3v) is 0.390. The minimum absolute atomic E-state index is 0. The van der Waals surface area contributed by atoms with Gasteiger partial charge in [0.2, 0.25) is 0 Å². The number of nitrogens with two attached hydrogens (primary N) is 1. The van der Waals surface area contributed by atoms with Crippen LogP contribution < -0.4 is 57.1 Å². The molecular weight excluding hydrogens is 137 g/mol. The van der Waals surface area contributed by atoms with Crippen LogP contribution in [0.25, 0.3) is 0 Å². The van der Waals surface area contributed by atoms with Crippen LogP contribution in [-0.2, 0) is 4.79 Å². The molecule has 0 bridgehead atoms. The Labute approximate surface area is 90.2 Å². The van der Waals surface area contributed by atoms with Crippen LogP contribution in [0.2, 0.25) is 0 Å². The molecule has 1 atom stereocenters. The Kier molecular flexibility index (Phi) is 16.1. The molecule has 0 aromatic heterocycles. The second-order valence-electron chi connectivity index (χ2n) is 1.13. The van der Waals surface area contributed by atoms with E-state index in [4.69, 9.17) is 10.8 Å². The fourth-order valence-corrected chi connectivity index (χ4v) is 0. The van der Waals surface area contributed by atoms with Crippen molar-refractivity contribution in [3.63, 3.8) is 0 Å². The van der Waals surface area contributed by atoms with E-state index in [1.807, 2.05) is 0 Å². The van der Waals surface area contributed by atoms with E-state index in [-0.39, 0.29) is 56.9 Å². The van der Waals surface area contributed by atoms with Gasteiger partial charge in [-0.1, -0.05) is 0 Å². The largest absolute Gasteiger partial charge is 1.00 e. The minimum Gasteiger partial charge on any atom is -0.870 e. The second kappa shape index (κ2) is 8.03. The Morgan fingerprint density at radius 1 is 1.75 bits per heavy atom. The average Bonchev–Trinajstić information content (AvgIpc) is 1.36. The Bertz CT molecular complexity index is 65.5. The van der Waals surface area contributed by atoms with E-state index in [2.05, 4.69) is 0 Å². The summed E-state index contributed by atoms with van der Waals surface area (Å²) in [4.78, 5) is 9.57. The summed E-state index contributed by atoms with van der Waals surface area (Å²) in [6, 6.07) is -0.731. The van der Waals surface area contributed by atoms with Crippen LogP contribution in [0.5, 0.6) is 0 Å². The van der Waals surface area contributed by atoms with Gasteiger partial charge in [-0.2, -0.15) is 0 Å². The molecule has 0 aliphatic carbocycles. The van der Waals surface area contributed by atoms with E-state index in [1.54, 1.807) is 0 Å². The van der Waals surface area contributed by atoms with Crippen LogP contribution in [0.4, 0.5) is 0 Å². The molecule has 8 heavy (non-hydrogen) atoms. The van der Waals surface area contributed by atoms with Gasteiger partial charge in [-0.15, -0.1) is 0 Å². The molecule has 0 aromatic carbocycles. The molecule has 1 unspecified atom stereocenters. The predicted molar refractivity (Wildman–Crippen MR) is 23.2 cm³/mol. The number of rotatable bonds is 1. The van der Waals surface area contributed by atoms with Gasteiger partial charge in [0.15, 0.2) is 0 Å². The quantitative estimate of drug-likeness (QED) is 0.371. The third kappa shape index (κ3) is 10.1. The van der Waals surface area contributed by atoms with Crippen molar-refractivity contribution in [3.8, 4) is 0 Å². The van der Waals surface area contributed by atoms with Crippen LogP contribution in [0, 0.1) is 0 Å². The van der Waals surface area contributed by atoms with E-state index >= 15 is 0 Å². The number of hydrogen-bond acceptors (Lipinski definition) is 3. The van der Waals surface area contributed by atoms with Gasteiger partial charge in [0.05, 0.1) is 0 Å². The van der Waals surface area contributed by atoms with Gasteiger partial charge in [-0.05, 0) is 6.92 Å². The predicted octanol–water partition coefficient (Wildman–Crippen LogP) is -3.75. The first-order valence-electron chi connectivity index (χ1n) is 1.63. The topological polar surface area (TPSA) is 93.3 Å². The fourth-order valence-electron chi connectivity index (χ4n) is 0. The maximum Gasteiger partial charge on any atom is 1.00 e. The van der Waals surface area contributed by atoms with Crippen LogP contribution in [0.15, 0.2) is 0 Å². The van der Waals surface area contributed by atoms with Crippen molar-refractivity contribution in [2.75, 3.05) is 0 Å². The van der Waals surface area contributed by atoms with E-state index in [1.165, 1.54) is 6.92 Å². The summed E-state index contributed by atoms with van der Waals surface area (Å²) in [5, 5.41) is 7.87. The number of aliphatic carboxylic acids is 1. The molecule has 0 aliphatic rings. The smallest absolute Gasteiger partial charge is 0.870 e. The van der Waals surface area contributed by atoms with Gasteiger partial charge in [-0.3, -0.25) is 4.79 Å². The molecule has 0 aromatic rings. The van der Waals surface area contributed by atoms with Crippen molar-refractivity contribution in [1.29, 1.82) is 0 Å². The van der Waals surface area contributed by atoms with Crippen molar-refractivity contribution in [2.45, 2.75) is 13.0 Å². The Hall–Kier alpha value is 1.03. The summed E-state index contributed by atoms with van der Waals surface area (Å²) >= 11 is 0. The monoisotopic (exact) mass is 145 g/mol. The maximum atomic E-state index is 9.57. The van der Waals surface area contributed by atoms with E-state index in [0.717, 1.165) is 0 Å². The molecule has 5 heteroatoms. The molecule has 0 fully saturated rings. The molecule has 0 saturated heterocycles. The molecular formula is C3H8KNO3. The normalized spacial score (nSPS) is 10.2. The molecule has 0 saturated carbocycles. The number of carboxylic acids is 1. The summed E-state index contributed by atoms with van der Waals surface area (Å²) in [6.07, 6.45) is 0. The molecule has 0 radical (unpaired) electrons. The van der Waals surface area contributed by atoms with Gasteiger partial charge in [0.25, 0.3) is 0 Å². The maximum absolute atomic E-state index is 9.57. The molecule has 0 rings (SSSR count). The van der Waals surface area contributed by atoms with Gasteiger partial charge >= 0.3 is 57.4 Å². The standard InChI is InChI=1S/C3H7NO2.K.H2O/c1-2(4)3(5)6;;/h2H,4H2,1H3,(H,5,6);;1H2/q;+1;/p-1. The first-order valence-corrected chi connectivity index (χ1v) is 1.63. The molecule has 0 heterocycles. The molecule has 4 nitrogen and oxygen atoms in total. The van der Waals surface area contributed by atoms with E-state index in [0.29, 0.717) is 0 Å². The Balaban J connectivity index is -0.000000125. The SMILES string of the molecule is CC(N)C(=O)O.[K+].[OH-]. The zero-order valence-electron chi connectivity index (χ0n) is 4.96. The molecule has 0 spiro atoms. The zero-order chi connectivity index (χ0) is 5.15. The third-order valence-electron chi connectivity index (χ3n) is 0.390. The van der Waals surface area contributed by atoms with Crippen molar-refractivity contribution in [2.24, 2.45) is 5.73 Å². The Morgan fingerprint density at radius 2 is 1.88 bits per heavy atom. The minimum atomic E-state index is -0.963. The van der Waals surface area contributed by atoms with Crippen molar-refractivity contribution < 1.29 is 66.8 Å². The van der Waals surface area contributed by atoms with Gasteiger partial charge < -0.3 is 16.3 Å². The van der Waals surface area contributed by atoms with Crippen molar-refractivity contribution >= 4 is 5.97 Å². The van der Waals surface area contributed by atoms with Gasteiger partial charge in [-0.25, -0.2) is 0 Å². The molecule has 0 amide bonds. The summed E-state index contributed by atoms with van der Waals surface area (Å²) in [7, 11) is 0. The molecule has 0 aliphatic heterocycles. The van der Waals surface area contributed by atoms with Gasteiger partial charge in [0, 0.05) is 0 Å². The van der Waals surface area contributed by atoms with Crippen LogP contribution in [0.3, 0.4) is 0 Å². The number of carbonyl (C=O) groups is 1. The first-order chi connectivity index (χ1) is 2.64. The van der Waals surface area contributed by atoms with Gasteiger partial charge in [0.1, 0.15) is 6.04 Å². The van der Waals surface area contributed by atoms with E-state index < -0.39 is 12.0 Å². The van der Waals surface area contributed by atoms with E-state index in [9.17, 15) is 4.79 Å². The second-order valence-corrected chi connectivity index (χ2v) is 1.13. The fraction of sp³-hybridized carbons (Fsp3) is 0.667. The summed E-state index contributed by atoms with van der Waals surface area (Å²) < 4.78 is 0. The van der Waals surface area contributed by atoms with Crippen molar-refractivity contribution in [1.82, 2.24) is 0 Å². The Morgan fingerprint density at radius 3 is 1.88 bits per heavy atom. The molecule has 44 valence electrons.